The number of fused-ring (bicyclic) bond motifs is 8. The molecule has 2 amide bonds. The zero-order valence-corrected chi connectivity index (χ0v) is 55.8. The van der Waals surface area contributed by atoms with Crippen molar-refractivity contribution in [2.24, 2.45) is 25.9 Å². The molecule has 0 saturated heterocycles. The quantitative estimate of drug-likeness (QED) is 0.0517. The molecule has 10 aromatic rings. The normalized spacial score (nSPS) is 18.2. The summed E-state index contributed by atoms with van der Waals surface area (Å²) in [5.41, 5.74) is -4.84. The summed E-state index contributed by atoms with van der Waals surface area (Å²) in [6.07, 6.45) is -3.12. The number of aromatic nitrogens is 12. The van der Waals surface area contributed by atoms with E-state index in [1.54, 1.807) is 0 Å². The van der Waals surface area contributed by atoms with Crippen molar-refractivity contribution in [1.82, 2.24) is 68.9 Å². The maximum atomic E-state index is 15.2. The molecule has 6 aromatic heterocycles. The Balaban J connectivity index is 0.000000182. The molecule has 4 aliphatic carbocycles. The van der Waals surface area contributed by atoms with Gasteiger partial charge < -0.3 is 10.6 Å². The van der Waals surface area contributed by atoms with Crippen molar-refractivity contribution in [2.75, 3.05) is 22.0 Å². The highest BCUT2D eigenvalue weighted by Gasteiger charge is 2.68. The van der Waals surface area contributed by atoms with Gasteiger partial charge in [0.2, 0.25) is 31.9 Å². The van der Waals surface area contributed by atoms with Crippen molar-refractivity contribution < 1.29 is 79.1 Å². The van der Waals surface area contributed by atoms with Crippen LogP contribution >= 0.6 is 23.2 Å². The number of nitrogens with zero attached hydrogens (tertiary/aromatic N) is 12. The van der Waals surface area contributed by atoms with Gasteiger partial charge in [-0.3, -0.25) is 56.5 Å². The largest absolute Gasteiger partial charge is 0.344 e. The monoisotopic (exact) mass is 1510 g/mol. The summed E-state index contributed by atoms with van der Waals surface area (Å²) in [5, 5.41) is 21.2. The fourth-order valence-corrected chi connectivity index (χ4v) is 15.1. The molecule has 536 valence electrons. The molecular weight excluding hydrogens is 1460 g/mol. The van der Waals surface area contributed by atoms with Crippen molar-refractivity contribution in [2.45, 2.75) is 87.4 Å². The molecule has 0 bridgehead atoms. The van der Waals surface area contributed by atoms with Crippen LogP contribution in [0.1, 0.15) is 106 Å². The molecule has 4 N–H and O–H groups in total. The molecule has 40 heteroatoms. The number of aryl methyl sites for hydroxylation is 2. The summed E-state index contributed by atoms with van der Waals surface area (Å²) in [4.78, 5) is 63.1. The number of carbonyl (C=O) groups is 2. The fourth-order valence-electron chi connectivity index (χ4n) is 13.6. The summed E-state index contributed by atoms with van der Waals surface area (Å²) >= 11 is 12.9. The topological polar surface area (TPSA) is 292 Å². The third-order valence-electron chi connectivity index (χ3n) is 17.6. The predicted molar refractivity (Wildman–Crippen MR) is 341 cm³/mol. The number of sulfonamides is 2. The first kappa shape index (κ1) is 70.6. The molecule has 0 spiro atoms. The van der Waals surface area contributed by atoms with E-state index in [9.17, 15) is 71.1 Å². The average molecular weight is 1510 g/mol. The summed E-state index contributed by atoms with van der Waals surface area (Å²) < 4.78 is 232. The Labute approximate surface area is 576 Å². The second-order valence-electron chi connectivity index (χ2n) is 24.8. The first-order chi connectivity index (χ1) is 47.9. The van der Waals surface area contributed by atoms with E-state index >= 15 is 17.6 Å². The predicted octanol–water partition coefficient (Wildman–Crippen LogP) is 9.73. The number of nitrogens with one attached hydrogen (secondary N) is 4. The molecule has 24 nitrogen and oxygen atoms in total. The third kappa shape index (κ3) is 13.1. The average Bonchev–Trinajstić information content (AvgIpc) is 1.52. The zero-order chi connectivity index (χ0) is 73.5. The van der Waals surface area contributed by atoms with Gasteiger partial charge in [-0.2, -0.15) is 38.0 Å². The summed E-state index contributed by atoms with van der Waals surface area (Å²) in [7, 11) is -4.80. The van der Waals surface area contributed by atoms with Crippen molar-refractivity contribution >= 4 is 88.5 Å². The van der Waals surface area contributed by atoms with Crippen LogP contribution in [0.4, 0.5) is 64.3 Å². The zero-order valence-electron chi connectivity index (χ0n) is 52.7. The highest BCUT2D eigenvalue weighted by atomic mass is 35.5. The number of amides is 2. The van der Waals surface area contributed by atoms with Crippen LogP contribution in [-0.2, 0) is 81.5 Å². The third-order valence-corrected chi connectivity index (χ3v) is 19.3. The number of anilines is 2. The minimum Gasteiger partial charge on any atom is -0.344 e. The maximum absolute atomic E-state index is 15.2. The maximum Gasteiger partial charge on any atom is 0.293 e. The van der Waals surface area contributed by atoms with Crippen LogP contribution in [0.3, 0.4) is 0 Å². The van der Waals surface area contributed by atoms with Crippen LogP contribution in [0.5, 0.6) is 0 Å². The Hall–Kier alpha value is -9.82. The first-order valence-electron chi connectivity index (χ1n) is 30.3. The van der Waals surface area contributed by atoms with Gasteiger partial charge in [-0.1, -0.05) is 23.2 Å². The Morgan fingerprint density at radius 1 is 0.559 bits per heavy atom. The number of rotatable bonds is 20. The second-order valence-corrected chi connectivity index (χ2v) is 29.1. The van der Waals surface area contributed by atoms with Crippen LogP contribution in [0.2, 0.25) is 10.0 Å². The van der Waals surface area contributed by atoms with E-state index < -0.39 is 175 Å². The molecular formula is C62H50Cl2F12N16O8S2. The Morgan fingerprint density at radius 3 is 1.25 bits per heavy atom. The molecule has 14 rings (SSSR count). The number of carbonyl (C=O) groups excluding carboxylic acids is 2. The SMILES string of the molecule is Cn1nc(NS(C)(=O)=O)c2c(Cl)ccc(-n3c([C@@H](Cc4cc(F)cc(F)c4)NC(=O)Cn4nc(C(F)F)c5c4C(F)(F)[C@@H]4C[C@H]54)nccc3=O)c21.Cn1nc(NS(C)(=O)=O)c2c(Cl)ccc(-n3c([C@H](Cc4cc(F)cc(F)c4)NC(=O)Cn4nc(C(F)F)c5c4C(F)(F)[C@@H]4C[C@H]54)nccc3=O)c21. The van der Waals surface area contributed by atoms with Crippen LogP contribution < -0.4 is 31.2 Å². The van der Waals surface area contributed by atoms with Crippen molar-refractivity contribution in [3.05, 3.63) is 196 Å². The smallest absolute Gasteiger partial charge is 0.293 e. The van der Waals surface area contributed by atoms with Gasteiger partial charge in [-0.05, 0) is 84.3 Å². The van der Waals surface area contributed by atoms with Crippen LogP contribution in [0, 0.1) is 35.1 Å². The molecule has 0 aliphatic heterocycles. The van der Waals surface area contributed by atoms with E-state index in [2.05, 4.69) is 50.4 Å². The van der Waals surface area contributed by atoms with E-state index in [1.165, 1.54) is 47.7 Å². The van der Waals surface area contributed by atoms with Gasteiger partial charge in [-0.25, -0.2) is 61.9 Å². The second kappa shape index (κ2) is 25.6. The van der Waals surface area contributed by atoms with Gasteiger partial charge >= 0.3 is 0 Å². The molecule has 6 heterocycles. The molecule has 2 saturated carbocycles. The summed E-state index contributed by atoms with van der Waals surface area (Å²) in [6.45, 7) is -1.88. The highest BCUT2D eigenvalue weighted by molar-refractivity contribution is 7.92. The fraction of sp³-hybridized carbons (Fsp3) is 0.323. The van der Waals surface area contributed by atoms with Crippen LogP contribution in [0.25, 0.3) is 33.2 Å². The lowest BCUT2D eigenvalue weighted by atomic mass is 10.0. The van der Waals surface area contributed by atoms with Gasteiger partial charge in [0.25, 0.3) is 35.8 Å². The van der Waals surface area contributed by atoms with Gasteiger partial charge in [0.15, 0.2) is 11.6 Å². The first-order valence-corrected chi connectivity index (χ1v) is 34.9. The number of alkyl halides is 8. The van der Waals surface area contributed by atoms with Crippen LogP contribution in [-0.4, -0.2) is 99.4 Å². The Bertz CT molecular complexity index is 5160. The van der Waals surface area contributed by atoms with E-state index in [-0.39, 0.29) is 102 Å². The van der Waals surface area contributed by atoms with Gasteiger partial charge in [0.05, 0.1) is 67.8 Å². The van der Waals surface area contributed by atoms with E-state index in [4.69, 9.17) is 23.2 Å². The summed E-state index contributed by atoms with van der Waals surface area (Å²) in [5.74, 6) is -17.6. The van der Waals surface area contributed by atoms with Gasteiger partial charge in [-0.15, -0.1) is 0 Å². The van der Waals surface area contributed by atoms with Crippen molar-refractivity contribution in [1.29, 1.82) is 0 Å². The minimum atomic E-state index is -3.85. The molecule has 4 aromatic carbocycles. The minimum absolute atomic E-state index is 0.00420. The number of benzene rings is 4. The van der Waals surface area contributed by atoms with E-state index in [1.807, 2.05) is 0 Å². The van der Waals surface area contributed by atoms with Gasteiger partial charge in [0, 0.05) is 86.6 Å². The summed E-state index contributed by atoms with van der Waals surface area (Å²) in [6, 6.07) is 9.96. The molecule has 2 fully saturated rings. The standard InChI is InChI=1S/2C31H25ClF6N8O4S/c2*1-44-26-20(4-3-18(32)24(26)29(42-44)43-51(2,49)50)46-22(48)5-6-39-30(46)19(9-13-7-14(33)10-15(34)8-13)40-21(47)12-45-27-23(25(41-45)28(35)36)16-11-17(16)31(27,37)38/h2*3-8,10,16-17,19,28H,9,11-12H2,1-2H3,(H,40,47)(H,42,43)/t16-,17+,19+;16-,17+,19-/m00/s1. The number of halogens is 14. The Kier molecular flexibility index (Phi) is 17.7. The van der Waals surface area contributed by atoms with Crippen molar-refractivity contribution in [3.8, 4) is 11.4 Å². The molecule has 0 unspecified atom stereocenters. The number of hydrogen-bond acceptors (Lipinski definition) is 14. The van der Waals surface area contributed by atoms with Gasteiger partial charge in [0.1, 0.15) is 70.8 Å². The van der Waals surface area contributed by atoms with E-state index in [0.717, 1.165) is 70.4 Å². The molecule has 102 heavy (non-hydrogen) atoms. The lowest BCUT2D eigenvalue weighted by molar-refractivity contribution is -0.123. The van der Waals surface area contributed by atoms with Crippen LogP contribution in [0.15, 0.2) is 94.8 Å². The number of hydrogen-bond donors (Lipinski definition) is 4. The molecule has 4 aliphatic rings. The highest BCUT2D eigenvalue weighted by Crippen LogP contribution is 2.69. The molecule has 6 atom stereocenters. The van der Waals surface area contributed by atoms with Crippen molar-refractivity contribution in [3.63, 3.8) is 0 Å². The lowest BCUT2D eigenvalue weighted by Gasteiger charge is -2.23. The van der Waals surface area contributed by atoms with E-state index in [0.29, 0.717) is 21.5 Å². The molecule has 0 radical (unpaired) electrons. The lowest BCUT2D eigenvalue weighted by Crippen LogP contribution is -2.38. The Morgan fingerprint density at radius 2 is 0.912 bits per heavy atom.